The van der Waals surface area contributed by atoms with Crippen LogP contribution in [-0.4, -0.2) is 93.1 Å². The molecular formula is C35H47NO10. The topological polar surface area (TPSA) is 171 Å². The van der Waals surface area contributed by atoms with Gasteiger partial charge in [-0.15, -0.1) is 0 Å². The predicted molar refractivity (Wildman–Crippen MR) is 167 cm³/mol. The third kappa shape index (κ3) is 5.94. The summed E-state index contributed by atoms with van der Waals surface area (Å²) in [4.78, 5) is 53.9. The van der Waals surface area contributed by atoms with Crippen LogP contribution in [0.2, 0.25) is 0 Å². The van der Waals surface area contributed by atoms with E-state index in [0.717, 1.165) is 0 Å². The van der Waals surface area contributed by atoms with Crippen LogP contribution in [0.4, 0.5) is 0 Å². The van der Waals surface area contributed by atoms with E-state index in [9.17, 15) is 39.6 Å². The number of Topliss-reactive ketones (excluding diaryl/α,β-unsaturated/α-hetero) is 1. The van der Waals surface area contributed by atoms with Gasteiger partial charge in [-0.25, -0.2) is 4.79 Å². The normalized spacial score (nSPS) is 33.0. The Morgan fingerprint density at radius 1 is 1.00 bits per heavy atom. The monoisotopic (exact) mass is 641 g/mol. The number of ketones is 1. The SMILES string of the molecule is CC(=O)OC1CC2C(OC(C)=O)C=C3CC(C)(C(=O)C(O)C(=C1C)C2(C)C)C(O)CC3C(O)(C(=O)O)C(c1ccccc1)N(C)C. The van der Waals surface area contributed by atoms with Gasteiger partial charge >= 0.3 is 17.9 Å². The van der Waals surface area contributed by atoms with Crippen LogP contribution in [0.1, 0.15) is 72.4 Å². The first-order valence-corrected chi connectivity index (χ1v) is 15.6. The highest BCUT2D eigenvalue weighted by molar-refractivity contribution is 5.93. The van der Waals surface area contributed by atoms with E-state index >= 15 is 0 Å². The van der Waals surface area contributed by atoms with Crippen molar-refractivity contribution in [2.75, 3.05) is 14.1 Å². The number of ether oxygens (including phenoxy) is 2. The highest BCUT2D eigenvalue weighted by atomic mass is 16.5. The summed E-state index contributed by atoms with van der Waals surface area (Å²) in [5.41, 5.74) is -3.46. The summed E-state index contributed by atoms with van der Waals surface area (Å²) in [5, 5.41) is 46.8. The Balaban J connectivity index is 2.04. The van der Waals surface area contributed by atoms with Crippen LogP contribution in [-0.2, 0) is 28.7 Å². The maximum Gasteiger partial charge on any atom is 0.338 e. The molecule has 4 rings (SSSR count). The number of rotatable bonds is 7. The fourth-order valence-electron chi connectivity index (χ4n) is 8.34. The molecule has 0 aliphatic heterocycles. The molecule has 1 saturated carbocycles. The minimum atomic E-state index is -2.52. The molecule has 0 radical (unpaired) electrons. The molecule has 0 aromatic heterocycles. The van der Waals surface area contributed by atoms with Gasteiger partial charge in [0.25, 0.3) is 0 Å². The number of aliphatic carboxylic acids is 1. The van der Waals surface area contributed by atoms with E-state index in [1.165, 1.54) is 20.8 Å². The summed E-state index contributed by atoms with van der Waals surface area (Å²) >= 11 is 0. The summed E-state index contributed by atoms with van der Waals surface area (Å²) in [5.74, 6) is -5.27. The molecule has 11 nitrogen and oxygen atoms in total. The average molecular weight is 642 g/mol. The zero-order valence-electron chi connectivity index (χ0n) is 27.8. The number of benzene rings is 1. The highest BCUT2D eigenvalue weighted by Crippen LogP contribution is 2.56. The van der Waals surface area contributed by atoms with Gasteiger partial charge in [-0.1, -0.05) is 49.8 Å². The lowest BCUT2D eigenvalue weighted by atomic mass is 9.54. The van der Waals surface area contributed by atoms with Crippen molar-refractivity contribution in [2.45, 2.75) is 96.9 Å². The van der Waals surface area contributed by atoms with E-state index in [-0.39, 0.29) is 19.3 Å². The number of hydrogen-bond acceptors (Lipinski definition) is 10. The van der Waals surface area contributed by atoms with Crippen molar-refractivity contribution >= 4 is 23.7 Å². The Bertz CT molecular complexity index is 1450. The molecule has 252 valence electrons. The van der Waals surface area contributed by atoms with Gasteiger partial charge in [0.2, 0.25) is 0 Å². The summed E-state index contributed by atoms with van der Waals surface area (Å²) in [6.07, 6.45) is -3.77. The van der Waals surface area contributed by atoms with Gasteiger partial charge in [-0.2, -0.15) is 0 Å². The molecule has 9 atom stereocenters. The number of carbonyl (C=O) groups is 4. The van der Waals surface area contributed by atoms with Crippen molar-refractivity contribution in [3.8, 4) is 0 Å². The van der Waals surface area contributed by atoms with E-state index in [1.807, 2.05) is 13.8 Å². The lowest BCUT2D eigenvalue weighted by Gasteiger charge is -2.53. The second kappa shape index (κ2) is 12.7. The van der Waals surface area contributed by atoms with E-state index < -0.39 is 82.4 Å². The Kier molecular flexibility index (Phi) is 9.77. The number of esters is 2. The number of carbonyl (C=O) groups excluding carboxylic acids is 3. The summed E-state index contributed by atoms with van der Waals surface area (Å²) < 4.78 is 11.6. The highest BCUT2D eigenvalue weighted by Gasteiger charge is 2.61. The Hall–Kier alpha value is -3.38. The van der Waals surface area contributed by atoms with Gasteiger partial charge in [-0.05, 0) is 75.4 Å². The third-order valence-electron chi connectivity index (χ3n) is 10.6. The smallest absolute Gasteiger partial charge is 0.338 e. The first-order valence-electron chi connectivity index (χ1n) is 15.6. The molecule has 1 aromatic rings. The molecule has 9 unspecified atom stereocenters. The van der Waals surface area contributed by atoms with Crippen LogP contribution in [0.3, 0.4) is 0 Å². The number of likely N-dealkylation sites (N-methyl/N-ethyl adjacent to an activating group) is 1. The predicted octanol–water partition coefficient (Wildman–Crippen LogP) is 2.98. The van der Waals surface area contributed by atoms with Crippen LogP contribution < -0.4 is 0 Å². The van der Waals surface area contributed by atoms with Gasteiger partial charge in [0.15, 0.2) is 11.4 Å². The second-order valence-electron chi connectivity index (χ2n) is 14.1. The van der Waals surface area contributed by atoms with Crippen molar-refractivity contribution in [2.24, 2.45) is 22.7 Å². The van der Waals surface area contributed by atoms with Crippen LogP contribution in [0, 0.1) is 22.7 Å². The van der Waals surface area contributed by atoms with Crippen LogP contribution in [0.5, 0.6) is 0 Å². The van der Waals surface area contributed by atoms with Gasteiger partial charge in [-0.3, -0.25) is 19.3 Å². The maximum atomic E-state index is 14.3. The second-order valence-corrected chi connectivity index (χ2v) is 14.1. The molecule has 1 fully saturated rings. The third-order valence-corrected chi connectivity index (χ3v) is 10.6. The van der Waals surface area contributed by atoms with E-state index in [1.54, 1.807) is 62.3 Å². The maximum absolute atomic E-state index is 14.3. The average Bonchev–Trinajstić information content (AvgIpc) is 2.94. The molecule has 0 heterocycles. The molecule has 4 N–H and O–H groups in total. The standard InChI is InChI=1S/C35H47NO10/c1-18-25(45-19(2)37)15-24-26(46-20(3)38)14-22-17-34(6,31(41)29(40)28(18)33(24,4)5)27(39)16-23(22)35(44,32(42)43)30(36(7)8)21-12-10-9-11-13-21/h9-14,23-27,29-30,39-40,44H,15-17H2,1-8H3,(H,42,43). The van der Waals surface area contributed by atoms with Gasteiger partial charge in [0.1, 0.15) is 18.3 Å². The molecule has 0 amide bonds. The van der Waals surface area contributed by atoms with Crippen LogP contribution in [0.25, 0.3) is 0 Å². The van der Waals surface area contributed by atoms with Crippen LogP contribution >= 0.6 is 0 Å². The summed E-state index contributed by atoms with van der Waals surface area (Å²) in [6.45, 7) is 9.33. The quantitative estimate of drug-likeness (QED) is 0.255. The number of hydrogen-bond donors (Lipinski definition) is 4. The molecule has 0 spiro atoms. The van der Waals surface area contributed by atoms with Gasteiger partial charge in [0.05, 0.1) is 17.6 Å². The van der Waals surface area contributed by atoms with E-state index in [4.69, 9.17) is 9.47 Å². The van der Waals surface area contributed by atoms with Gasteiger partial charge in [0, 0.05) is 25.7 Å². The number of carboxylic acids is 1. The largest absolute Gasteiger partial charge is 0.479 e. The Labute approximate surface area is 269 Å². The number of aliphatic hydroxyl groups excluding tert-OH is 2. The molecule has 3 aliphatic rings. The molecule has 3 aliphatic carbocycles. The zero-order valence-corrected chi connectivity index (χ0v) is 27.8. The Morgan fingerprint density at radius 3 is 2.11 bits per heavy atom. The fourth-order valence-corrected chi connectivity index (χ4v) is 8.34. The minimum Gasteiger partial charge on any atom is -0.479 e. The number of carboxylic acid groups (broad SMARTS) is 1. The molecule has 11 heteroatoms. The zero-order chi connectivity index (χ0) is 34.5. The number of nitrogens with zero attached hydrogens (tertiary/aromatic N) is 1. The molecule has 4 bridgehead atoms. The number of aliphatic hydroxyl groups is 3. The van der Waals surface area contributed by atoms with E-state index in [2.05, 4.69) is 0 Å². The molecule has 46 heavy (non-hydrogen) atoms. The van der Waals surface area contributed by atoms with Crippen molar-refractivity contribution in [3.05, 3.63) is 58.7 Å². The van der Waals surface area contributed by atoms with Crippen molar-refractivity contribution in [3.63, 3.8) is 0 Å². The first-order chi connectivity index (χ1) is 21.3. The molecule has 1 aromatic carbocycles. The van der Waals surface area contributed by atoms with Crippen molar-refractivity contribution in [1.82, 2.24) is 4.90 Å². The summed E-state index contributed by atoms with van der Waals surface area (Å²) in [6, 6.07) is 7.57. The van der Waals surface area contributed by atoms with Crippen LogP contribution in [0.15, 0.2) is 53.1 Å². The lowest BCUT2D eigenvalue weighted by molar-refractivity contribution is -0.179. The van der Waals surface area contributed by atoms with Gasteiger partial charge < -0.3 is 29.9 Å². The number of fused-ring (bicyclic) bond motifs is 4. The van der Waals surface area contributed by atoms with E-state index in [0.29, 0.717) is 22.3 Å². The molecule has 0 saturated heterocycles. The Morgan fingerprint density at radius 2 is 1.59 bits per heavy atom. The molecular weight excluding hydrogens is 594 g/mol. The lowest BCUT2D eigenvalue weighted by Crippen LogP contribution is -2.61. The van der Waals surface area contributed by atoms with Crippen molar-refractivity contribution < 1.29 is 49.1 Å². The fraction of sp³-hybridized carbons (Fsp3) is 0.600. The minimum absolute atomic E-state index is 0.183. The summed E-state index contributed by atoms with van der Waals surface area (Å²) in [7, 11) is 3.29. The first kappa shape index (κ1) is 35.5. The van der Waals surface area contributed by atoms with Crippen molar-refractivity contribution in [1.29, 1.82) is 0 Å².